The quantitative estimate of drug-likeness (QED) is 0.513. The Balaban J connectivity index is 1.72. The molecule has 7 nitrogen and oxygen atoms in total. The molecule has 0 aliphatic rings. The van der Waals surface area contributed by atoms with Crippen molar-refractivity contribution in [1.29, 1.82) is 0 Å². The first-order chi connectivity index (χ1) is 13.9. The van der Waals surface area contributed by atoms with Crippen molar-refractivity contribution in [2.75, 3.05) is 5.32 Å². The van der Waals surface area contributed by atoms with Crippen LogP contribution in [0, 0.1) is 13.8 Å². The molecule has 0 aliphatic heterocycles. The number of nitrogens with zero attached hydrogens (tertiary/aromatic N) is 4. The van der Waals surface area contributed by atoms with Gasteiger partial charge in [0.25, 0.3) is 5.56 Å². The molecule has 2 aromatic heterocycles. The van der Waals surface area contributed by atoms with Crippen molar-refractivity contribution in [2.24, 2.45) is 0 Å². The number of anilines is 1. The number of nitrogens with one attached hydrogen (secondary N) is 1. The van der Waals surface area contributed by atoms with Crippen LogP contribution in [0.15, 0.2) is 64.0 Å². The Morgan fingerprint density at radius 3 is 2.55 bits per heavy atom. The first kappa shape index (κ1) is 19.1. The highest BCUT2D eigenvalue weighted by molar-refractivity contribution is 9.10. The van der Waals surface area contributed by atoms with Crippen molar-refractivity contribution in [1.82, 2.24) is 19.6 Å². The van der Waals surface area contributed by atoms with Crippen LogP contribution in [0.2, 0.25) is 0 Å². The minimum atomic E-state index is -0.364. The van der Waals surface area contributed by atoms with Crippen LogP contribution in [-0.2, 0) is 11.3 Å². The van der Waals surface area contributed by atoms with Gasteiger partial charge in [0, 0.05) is 15.5 Å². The average Bonchev–Trinajstić information content (AvgIpc) is 3.14. The van der Waals surface area contributed by atoms with Gasteiger partial charge in [-0.1, -0.05) is 34.1 Å². The third-order valence-electron chi connectivity index (χ3n) is 4.63. The summed E-state index contributed by atoms with van der Waals surface area (Å²) < 4.78 is 3.71. The maximum atomic E-state index is 13.1. The molecule has 29 heavy (non-hydrogen) atoms. The number of halogens is 1. The number of amides is 1. The van der Waals surface area contributed by atoms with Gasteiger partial charge in [-0.25, -0.2) is 9.36 Å². The van der Waals surface area contributed by atoms with Crippen molar-refractivity contribution < 1.29 is 4.79 Å². The Morgan fingerprint density at radius 1 is 1.10 bits per heavy atom. The third-order valence-corrected chi connectivity index (χ3v) is 5.16. The molecular formula is C21H18BrN5O2. The molecule has 0 spiro atoms. The predicted molar refractivity (Wildman–Crippen MR) is 115 cm³/mol. The van der Waals surface area contributed by atoms with Crippen molar-refractivity contribution in [3.05, 3.63) is 80.8 Å². The third kappa shape index (κ3) is 3.71. The number of fused-ring (bicyclic) bond motifs is 1. The Hall–Kier alpha value is -3.26. The van der Waals surface area contributed by atoms with Crippen LogP contribution in [0.3, 0.4) is 0 Å². The van der Waals surface area contributed by atoms with E-state index >= 15 is 0 Å². The largest absolute Gasteiger partial charge is 0.324 e. The van der Waals surface area contributed by atoms with E-state index in [2.05, 4.69) is 31.4 Å². The number of carbonyl (C=O) groups is 1. The Morgan fingerprint density at radius 2 is 1.83 bits per heavy atom. The van der Waals surface area contributed by atoms with E-state index < -0.39 is 0 Å². The molecule has 2 aromatic carbocycles. The summed E-state index contributed by atoms with van der Waals surface area (Å²) >= 11 is 3.36. The zero-order valence-electron chi connectivity index (χ0n) is 15.9. The summed E-state index contributed by atoms with van der Waals surface area (Å²) in [4.78, 5) is 25.6. The fraction of sp³-hybridized carbons (Fsp3) is 0.143. The number of rotatable bonds is 4. The van der Waals surface area contributed by atoms with E-state index in [1.165, 1.54) is 4.68 Å². The second-order valence-corrected chi connectivity index (χ2v) is 7.62. The van der Waals surface area contributed by atoms with Crippen LogP contribution in [0.1, 0.15) is 11.3 Å². The molecule has 0 bridgehead atoms. The fourth-order valence-corrected chi connectivity index (χ4v) is 3.45. The first-order valence-corrected chi connectivity index (χ1v) is 9.80. The van der Waals surface area contributed by atoms with Crippen LogP contribution >= 0.6 is 15.9 Å². The molecular weight excluding hydrogens is 434 g/mol. The van der Waals surface area contributed by atoms with E-state index in [1.807, 2.05) is 43.3 Å². The fourth-order valence-electron chi connectivity index (χ4n) is 3.18. The molecule has 1 amide bonds. The molecule has 146 valence electrons. The molecule has 2 heterocycles. The van der Waals surface area contributed by atoms with Crippen molar-refractivity contribution in [3.63, 3.8) is 0 Å². The van der Waals surface area contributed by atoms with Crippen LogP contribution in [0.4, 0.5) is 5.69 Å². The summed E-state index contributed by atoms with van der Waals surface area (Å²) in [5.74, 6) is -0.331. The lowest BCUT2D eigenvalue weighted by molar-refractivity contribution is -0.117. The van der Waals surface area contributed by atoms with E-state index in [-0.39, 0.29) is 18.0 Å². The predicted octanol–water partition coefficient (Wildman–Crippen LogP) is 3.60. The standard InChI is InChI=1S/C21H18BrN5O2/c1-13-5-3-4-6-18(13)27-20-17(11-23-27)14(2)25-26(21(20)29)12-19(28)24-16-9-7-15(22)8-10-16/h3-11H,12H2,1-2H3,(H,24,28). The van der Waals surface area contributed by atoms with Gasteiger partial charge < -0.3 is 5.32 Å². The van der Waals surface area contributed by atoms with Crippen molar-refractivity contribution in [3.8, 4) is 5.69 Å². The van der Waals surface area contributed by atoms with E-state index in [9.17, 15) is 9.59 Å². The van der Waals surface area contributed by atoms with Crippen molar-refractivity contribution >= 4 is 38.4 Å². The van der Waals surface area contributed by atoms with Gasteiger partial charge in [0.1, 0.15) is 12.1 Å². The average molecular weight is 452 g/mol. The number of benzene rings is 2. The Labute approximate surface area is 175 Å². The molecule has 0 radical (unpaired) electrons. The van der Waals surface area contributed by atoms with Crippen molar-refractivity contribution in [2.45, 2.75) is 20.4 Å². The van der Waals surface area contributed by atoms with E-state index in [0.717, 1.165) is 15.7 Å². The zero-order chi connectivity index (χ0) is 20.5. The first-order valence-electron chi connectivity index (χ1n) is 9.01. The second-order valence-electron chi connectivity index (χ2n) is 6.71. The summed E-state index contributed by atoms with van der Waals surface area (Å²) in [5, 5.41) is 12.2. The Bertz CT molecular complexity index is 1270. The van der Waals surface area contributed by atoms with Gasteiger partial charge in [0.2, 0.25) is 5.91 Å². The van der Waals surface area contributed by atoms with Crippen LogP contribution in [0.25, 0.3) is 16.6 Å². The second kappa shape index (κ2) is 7.63. The van der Waals surface area contributed by atoms with E-state index in [0.29, 0.717) is 22.3 Å². The summed E-state index contributed by atoms with van der Waals surface area (Å²) in [6.07, 6.45) is 1.64. The molecule has 0 saturated carbocycles. The van der Waals surface area contributed by atoms with E-state index in [4.69, 9.17) is 0 Å². The number of para-hydroxylation sites is 1. The smallest absolute Gasteiger partial charge is 0.293 e. The molecule has 0 fully saturated rings. The lowest BCUT2D eigenvalue weighted by Crippen LogP contribution is -2.31. The SMILES string of the molecule is Cc1ccccc1-n1ncc2c(C)nn(CC(=O)Nc3ccc(Br)cc3)c(=O)c21. The molecule has 4 aromatic rings. The van der Waals surface area contributed by atoms with Crippen LogP contribution < -0.4 is 10.9 Å². The number of aromatic nitrogens is 4. The number of hydrogen-bond acceptors (Lipinski definition) is 4. The maximum Gasteiger partial charge on any atom is 0.293 e. The molecule has 0 saturated heterocycles. The molecule has 0 aliphatic carbocycles. The highest BCUT2D eigenvalue weighted by Gasteiger charge is 2.17. The minimum Gasteiger partial charge on any atom is -0.324 e. The summed E-state index contributed by atoms with van der Waals surface area (Å²) in [6, 6.07) is 14.9. The number of hydrogen-bond donors (Lipinski definition) is 1. The van der Waals surface area contributed by atoms with Gasteiger partial charge in [0.15, 0.2) is 0 Å². The lowest BCUT2D eigenvalue weighted by Gasteiger charge is -2.10. The monoisotopic (exact) mass is 451 g/mol. The molecule has 4 rings (SSSR count). The Kier molecular flexibility index (Phi) is 5.02. The highest BCUT2D eigenvalue weighted by Crippen LogP contribution is 2.19. The number of carbonyl (C=O) groups excluding carboxylic acids is 1. The van der Waals surface area contributed by atoms with Gasteiger partial charge >= 0.3 is 0 Å². The summed E-state index contributed by atoms with van der Waals surface area (Å²) in [6.45, 7) is 3.57. The topological polar surface area (TPSA) is 81.8 Å². The normalized spacial score (nSPS) is 11.0. The van der Waals surface area contributed by atoms with Gasteiger partial charge in [-0.05, 0) is 49.7 Å². The lowest BCUT2D eigenvalue weighted by atomic mass is 10.2. The molecule has 0 atom stereocenters. The van der Waals surface area contributed by atoms with Crippen LogP contribution in [-0.4, -0.2) is 25.5 Å². The summed E-state index contributed by atoms with van der Waals surface area (Å²) in [5.41, 5.74) is 3.13. The molecule has 1 N–H and O–H groups in total. The van der Waals surface area contributed by atoms with Crippen LogP contribution in [0.5, 0.6) is 0 Å². The van der Waals surface area contributed by atoms with Gasteiger partial charge in [-0.3, -0.25) is 9.59 Å². The summed E-state index contributed by atoms with van der Waals surface area (Å²) in [7, 11) is 0. The molecule has 8 heteroatoms. The minimum absolute atomic E-state index is 0.190. The zero-order valence-corrected chi connectivity index (χ0v) is 17.5. The van der Waals surface area contributed by atoms with Gasteiger partial charge in [-0.15, -0.1) is 0 Å². The highest BCUT2D eigenvalue weighted by atomic mass is 79.9. The van der Waals surface area contributed by atoms with Gasteiger partial charge in [-0.2, -0.15) is 10.2 Å². The number of aryl methyl sites for hydroxylation is 2. The van der Waals surface area contributed by atoms with E-state index in [1.54, 1.807) is 29.9 Å². The molecule has 0 unspecified atom stereocenters. The van der Waals surface area contributed by atoms with Gasteiger partial charge in [0.05, 0.1) is 17.6 Å². The maximum absolute atomic E-state index is 13.1.